The summed E-state index contributed by atoms with van der Waals surface area (Å²) >= 11 is 5.93. The van der Waals surface area contributed by atoms with Gasteiger partial charge in [-0.15, -0.1) is 0 Å². The molecule has 0 atom stereocenters. The van der Waals surface area contributed by atoms with E-state index in [9.17, 15) is 0 Å². The van der Waals surface area contributed by atoms with Crippen LogP contribution in [-0.4, -0.2) is 36.9 Å². The fourth-order valence-corrected chi connectivity index (χ4v) is 2.16. The smallest absolute Gasteiger partial charge is 0.129 e. The van der Waals surface area contributed by atoms with E-state index in [1.54, 1.807) is 13.2 Å². The van der Waals surface area contributed by atoms with Crippen molar-refractivity contribution in [2.24, 2.45) is 0 Å². The third-order valence-corrected chi connectivity index (χ3v) is 3.35. The summed E-state index contributed by atoms with van der Waals surface area (Å²) in [5, 5.41) is 9.67. The predicted octanol–water partition coefficient (Wildman–Crippen LogP) is 2.01. The predicted molar refractivity (Wildman–Crippen MR) is 72.0 cm³/mol. The number of ether oxygens (including phenoxy) is 1. The molecule has 1 aliphatic heterocycles. The van der Waals surface area contributed by atoms with Gasteiger partial charge in [0.1, 0.15) is 5.82 Å². The fourth-order valence-electron chi connectivity index (χ4n) is 2.00. The minimum absolute atomic E-state index is 0.134. The number of halogens is 1. The van der Waals surface area contributed by atoms with Crippen LogP contribution in [0.3, 0.4) is 0 Å². The van der Waals surface area contributed by atoms with E-state index in [0.29, 0.717) is 17.3 Å². The van der Waals surface area contributed by atoms with Gasteiger partial charge in [-0.2, -0.15) is 0 Å². The molecule has 18 heavy (non-hydrogen) atoms. The van der Waals surface area contributed by atoms with Crippen molar-refractivity contribution >= 4 is 17.4 Å². The SMILES string of the molecule is COCC1=CCN(c2ccc(Cl)c(CO)n2)CC1. The van der Waals surface area contributed by atoms with Gasteiger partial charge in [-0.1, -0.05) is 17.7 Å². The summed E-state index contributed by atoms with van der Waals surface area (Å²) in [7, 11) is 1.71. The van der Waals surface area contributed by atoms with Gasteiger partial charge in [0.15, 0.2) is 0 Å². The number of anilines is 1. The molecule has 1 N–H and O–H groups in total. The van der Waals surface area contributed by atoms with Crippen molar-refractivity contribution in [1.82, 2.24) is 4.98 Å². The largest absolute Gasteiger partial charge is 0.390 e. The molecule has 4 nitrogen and oxygen atoms in total. The Labute approximate surface area is 112 Å². The monoisotopic (exact) mass is 268 g/mol. The number of aliphatic hydroxyl groups is 1. The number of rotatable bonds is 4. The number of methoxy groups -OCH3 is 1. The Morgan fingerprint density at radius 1 is 1.50 bits per heavy atom. The van der Waals surface area contributed by atoms with Gasteiger partial charge in [0.2, 0.25) is 0 Å². The van der Waals surface area contributed by atoms with E-state index in [4.69, 9.17) is 21.4 Å². The molecule has 1 aliphatic rings. The average Bonchev–Trinajstić information content (AvgIpc) is 2.41. The summed E-state index contributed by atoms with van der Waals surface area (Å²) in [6.45, 7) is 2.29. The van der Waals surface area contributed by atoms with E-state index in [1.807, 2.05) is 6.07 Å². The number of hydrogen-bond donors (Lipinski definition) is 1. The van der Waals surface area contributed by atoms with Crippen LogP contribution in [0.15, 0.2) is 23.8 Å². The second-order valence-corrected chi connectivity index (χ2v) is 4.65. The van der Waals surface area contributed by atoms with Crippen LogP contribution in [0, 0.1) is 0 Å². The Bertz CT molecular complexity index is 449. The summed E-state index contributed by atoms with van der Waals surface area (Å²) in [6, 6.07) is 3.67. The highest BCUT2D eigenvalue weighted by molar-refractivity contribution is 6.31. The molecule has 0 amide bonds. The van der Waals surface area contributed by atoms with E-state index in [-0.39, 0.29) is 6.61 Å². The Hall–Kier alpha value is -1.10. The van der Waals surface area contributed by atoms with Crippen LogP contribution in [0.5, 0.6) is 0 Å². The molecular formula is C13H17ClN2O2. The van der Waals surface area contributed by atoms with Crippen LogP contribution in [0.4, 0.5) is 5.82 Å². The minimum Gasteiger partial charge on any atom is -0.390 e. The molecule has 0 spiro atoms. The molecule has 0 radical (unpaired) electrons. The average molecular weight is 269 g/mol. The summed E-state index contributed by atoms with van der Waals surface area (Å²) in [5.41, 5.74) is 1.85. The number of aliphatic hydroxyl groups excluding tert-OH is 1. The van der Waals surface area contributed by atoms with Crippen molar-refractivity contribution in [3.05, 3.63) is 34.5 Å². The molecule has 0 fully saturated rings. The lowest BCUT2D eigenvalue weighted by Gasteiger charge is -2.27. The van der Waals surface area contributed by atoms with Gasteiger partial charge >= 0.3 is 0 Å². The van der Waals surface area contributed by atoms with E-state index >= 15 is 0 Å². The Morgan fingerprint density at radius 2 is 2.33 bits per heavy atom. The van der Waals surface area contributed by atoms with Crippen LogP contribution in [-0.2, 0) is 11.3 Å². The van der Waals surface area contributed by atoms with Crippen molar-refractivity contribution in [2.45, 2.75) is 13.0 Å². The molecule has 0 aromatic carbocycles. The van der Waals surface area contributed by atoms with Crippen LogP contribution < -0.4 is 4.90 Å². The lowest BCUT2D eigenvalue weighted by atomic mass is 10.1. The molecule has 0 aliphatic carbocycles. The first-order valence-corrected chi connectivity index (χ1v) is 6.30. The van der Waals surface area contributed by atoms with Crippen molar-refractivity contribution in [2.75, 3.05) is 31.7 Å². The molecule has 5 heteroatoms. The molecule has 0 bridgehead atoms. The zero-order chi connectivity index (χ0) is 13.0. The lowest BCUT2D eigenvalue weighted by Crippen LogP contribution is -2.30. The summed E-state index contributed by atoms with van der Waals surface area (Å²) in [4.78, 5) is 6.53. The Balaban J connectivity index is 2.10. The maximum absolute atomic E-state index is 9.16. The quantitative estimate of drug-likeness (QED) is 0.849. The second kappa shape index (κ2) is 6.18. The molecule has 1 aromatic rings. The molecule has 1 aromatic heterocycles. The van der Waals surface area contributed by atoms with Gasteiger partial charge in [0, 0.05) is 20.2 Å². The third-order valence-electron chi connectivity index (χ3n) is 3.01. The standard InChI is InChI=1S/C13H17ClN2O2/c1-18-9-10-4-6-16(7-5-10)13-3-2-11(14)12(8-17)15-13/h2-4,17H,5-9H2,1H3. The van der Waals surface area contributed by atoms with Crippen LogP contribution >= 0.6 is 11.6 Å². The zero-order valence-corrected chi connectivity index (χ0v) is 11.2. The summed E-state index contributed by atoms with van der Waals surface area (Å²) < 4.78 is 5.12. The van der Waals surface area contributed by atoms with Crippen molar-refractivity contribution < 1.29 is 9.84 Å². The second-order valence-electron chi connectivity index (χ2n) is 4.25. The van der Waals surface area contributed by atoms with E-state index in [0.717, 1.165) is 25.3 Å². The number of aromatic nitrogens is 1. The van der Waals surface area contributed by atoms with Gasteiger partial charge in [-0.05, 0) is 24.1 Å². The Morgan fingerprint density at radius 3 is 2.94 bits per heavy atom. The summed E-state index contributed by atoms with van der Waals surface area (Å²) in [5.74, 6) is 0.858. The first kappa shape index (κ1) is 13.3. The maximum Gasteiger partial charge on any atom is 0.129 e. The third kappa shape index (κ3) is 3.02. The molecule has 98 valence electrons. The molecule has 0 saturated heterocycles. The van der Waals surface area contributed by atoms with E-state index in [2.05, 4.69) is 16.0 Å². The molecule has 0 unspecified atom stereocenters. The highest BCUT2D eigenvalue weighted by Gasteiger charge is 2.14. The van der Waals surface area contributed by atoms with Gasteiger partial charge in [0.05, 0.1) is 23.9 Å². The van der Waals surface area contributed by atoms with Gasteiger partial charge in [0.25, 0.3) is 0 Å². The molecule has 2 heterocycles. The molecular weight excluding hydrogens is 252 g/mol. The van der Waals surface area contributed by atoms with Crippen molar-refractivity contribution in [3.8, 4) is 0 Å². The van der Waals surface area contributed by atoms with Crippen LogP contribution in [0.25, 0.3) is 0 Å². The number of pyridine rings is 1. The van der Waals surface area contributed by atoms with Gasteiger partial charge < -0.3 is 14.7 Å². The van der Waals surface area contributed by atoms with Crippen LogP contribution in [0.2, 0.25) is 5.02 Å². The fraction of sp³-hybridized carbons (Fsp3) is 0.462. The lowest BCUT2D eigenvalue weighted by molar-refractivity contribution is 0.222. The highest BCUT2D eigenvalue weighted by atomic mass is 35.5. The van der Waals surface area contributed by atoms with Crippen LogP contribution in [0.1, 0.15) is 12.1 Å². The zero-order valence-electron chi connectivity index (χ0n) is 10.4. The molecule has 2 rings (SSSR count). The normalized spacial score (nSPS) is 15.7. The van der Waals surface area contributed by atoms with Crippen molar-refractivity contribution in [1.29, 1.82) is 0 Å². The summed E-state index contributed by atoms with van der Waals surface area (Å²) in [6.07, 6.45) is 3.15. The minimum atomic E-state index is -0.134. The van der Waals surface area contributed by atoms with Crippen molar-refractivity contribution in [3.63, 3.8) is 0 Å². The Kier molecular flexibility index (Phi) is 4.58. The van der Waals surface area contributed by atoms with Gasteiger partial charge in [-0.25, -0.2) is 4.98 Å². The molecule has 0 saturated carbocycles. The first-order chi connectivity index (χ1) is 8.74. The number of hydrogen-bond acceptors (Lipinski definition) is 4. The first-order valence-electron chi connectivity index (χ1n) is 5.92. The highest BCUT2D eigenvalue weighted by Crippen LogP contribution is 2.22. The van der Waals surface area contributed by atoms with Gasteiger partial charge in [-0.3, -0.25) is 0 Å². The van der Waals surface area contributed by atoms with E-state index < -0.39 is 0 Å². The number of nitrogens with zero attached hydrogens (tertiary/aromatic N) is 2. The topological polar surface area (TPSA) is 45.6 Å². The van der Waals surface area contributed by atoms with E-state index in [1.165, 1.54) is 5.57 Å². The maximum atomic E-state index is 9.16.